The van der Waals surface area contributed by atoms with E-state index < -0.39 is 30.0 Å². The number of hydrogen-bond acceptors (Lipinski definition) is 7. The molecule has 0 bridgehead atoms. The Morgan fingerprint density at radius 2 is 1.90 bits per heavy atom. The highest BCUT2D eigenvalue weighted by Crippen LogP contribution is 2.46. The van der Waals surface area contributed by atoms with E-state index in [2.05, 4.69) is 15.8 Å². The number of rotatable bonds is 7. The zero-order valence-corrected chi connectivity index (χ0v) is 22.9. The number of carbonyl (C=O) groups excluding carboxylic acids is 3. The van der Waals surface area contributed by atoms with E-state index in [1.54, 1.807) is 46.7 Å². The minimum Gasteiger partial charge on any atom is -0.391 e. The molecule has 39 heavy (non-hydrogen) atoms. The Kier molecular flexibility index (Phi) is 8.27. The van der Waals surface area contributed by atoms with Gasteiger partial charge < -0.3 is 15.3 Å². The number of hydroxylamine groups is 1. The van der Waals surface area contributed by atoms with Crippen molar-refractivity contribution in [1.82, 2.24) is 15.4 Å². The molecule has 1 aliphatic heterocycles. The summed E-state index contributed by atoms with van der Waals surface area (Å²) in [5.41, 5.74) is 4.87. The van der Waals surface area contributed by atoms with E-state index in [1.165, 1.54) is 18.3 Å². The third-order valence-electron chi connectivity index (χ3n) is 7.15. The molecule has 2 aliphatic rings. The summed E-state index contributed by atoms with van der Waals surface area (Å²) in [6.07, 6.45) is 2.32. The van der Waals surface area contributed by atoms with E-state index in [-0.39, 0.29) is 18.4 Å². The third kappa shape index (κ3) is 5.84. The maximum Gasteiger partial charge on any atom is 0.255 e. The molecule has 2 aromatic carbocycles. The number of amides is 3. The van der Waals surface area contributed by atoms with Gasteiger partial charge in [-0.3, -0.25) is 19.2 Å². The van der Waals surface area contributed by atoms with Crippen molar-refractivity contribution in [3.63, 3.8) is 0 Å². The summed E-state index contributed by atoms with van der Waals surface area (Å²) in [4.78, 5) is 50.6. The van der Waals surface area contributed by atoms with Crippen molar-refractivity contribution < 1.29 is 24.3 Å². The Morgan fingerprint density at radius 1 is 1.15 bits per heavy atom. The molecule has 4 atom stereocenters. The molecule has 2 heterocycles. The SMILES string of the molecule is CC(=O)Nc1nc(CONC(=O)[C@@H]2c3ccccc3C(=O)N([C@H]3CCCC[C@@H]3O)[C@H]2c2ccc(Cl)cc2)cs1. The molecule has 1 saturated carbocycles. The van der Waals surface area contributed by atoms with Crippen molar-refractivity contribution in [2.24, 2.45) is 0 Å². The fourth-order valence-corrected chi connectivity index (χ4v) is 6.32. The van der Waals surface area contributed by atoms with Crippen LogP contribution in [0.25, 0.3) is 0 Å². The van der Waals surface area contributed by atoms with Crippen molar-refractivity contribution in [2.45, 2.75) is 63.3 Å². The van der Waals surface area contributed by atoms with Gasteiger partial charge in [0.2, 0.25) is 5.91 Å². The van der Waals surface area contributed by atoms with Crippen molar-refractivity contribution in [3.05, 3.63) is 81.3 Å². The van der Waals surface area contributed by atoms with E-state index in [1.807, 2.05) is 12.1 Å². The first-order chi connectivity index (χ1) is 18.8. The molecule has 11 heteroatoms. The van der Waals surface area contributed by atoms with Crippen molar-refractivity contribution >= 4 is 45.8 Å². The van der Waals surface area contributed by atoms with E-state index in [9.17, 15) is 19.5 Å². The van der Waals surface area contributed by atoms with Gasteiger partial charge in [0.25, 0.3) is 11.8 Å². The molecule has 0 unspecified atom stereocenters. The number of anilines is 1. The van der Waals surface area contributed by atoms with Crippen LogP contribution in [0.4, 0.5) is 5.13 Å². The van der Waals surface area contributed by atoms with Crippen LogP contribution >= 0.6 is 22.9 Å². The number of carbonyl (C=O) groups is 3. The molecule has 3 amide bonds. The maximum atomic E-state index is 13.9. The molecule has 0 spiro atoms. The molecular formula is C28H29ClN4O5S. The number of nitrogens with one attached hydrogen (secondary N) is 2. The first-order valence-electron chi connectivity index (χ1n) is 12.8. The number of halogens is 1. The van der Waals surface area contributed by atoms with Crippen LogP contribution in [0.1, 0.15) is 71.7 Å². The largest absolute Gasteiger partial charge is 0.391 e. The van der Waals surface area contributed by atoms with Crippen LogP contribution in [0.3, 0.4) is 0 Å². The number of aliphatic hydroxyl groups excluding tert-OH is 1. The Labute approximate surface area is 235 Å². The lowest BCUT2D eigenvalue weighted by Crippen LogP contribution is -2.55. The maximum absolute atomic E-state index is 13.9. The van der Waals surface area contributed by atoms with Crippen molar-refractivity contribution in [2.75, 3.05) is 5.32 Å². The number of aliphatic hydroxyl groups is 1. The minimum atomic E-state index is -0.806. The average molecular weight is 569 g/mol. The monoisotopic (exact) mass is 568 g/mol. The Hall–Kier alpha value is -3.31. The first kappa shape index (κ1) is 27.3. The van der Waals surface area contributed by atoms with Crippen LogP contribution in [0.5, 0.6) is 0 Å². The van der Waals surface area contributed by atoms with Gasteiger partial charge in [-0.2, -0.15) is 0 Å². The predicted molar refractivity (Wildman–Crippen MR) is 147 cm³/mol. The highest BCUT2D eigenvalue weighted by molar-refractivity contribution is 7.13. The molecule has 0 radical (unpaired) electrons. The summed E-state index contributed by atoms with van der Waals surface area (Å²) in [5, 5.41) is 16.3. The van der Waals surface area contributed by atoms with Gasteiger partial charge in [0.1, 0.15) is 6.61 Å². The zero-order chi connectivity index (χ0) is 27.5. The Bertz CT molecular complexity index is 1360. The second kappa shape index (κ2) is 11.8. The van der Waals surface area contributed by atoms with Crippen LogP contribution in [0.15, 0.2) is 53.9 Å². The summed E-state index contributed by atoms with van der Waals surface area (Å²) < 4.78 is 0. The average Bonchev–Trinajstić information content (AvgIpc) is 3.36. The normalized spacial score (nSPS) is 22.7. The van der Waals surface area contributed by atoms with Gasteiger partial charge in [-0.05, 0) is 42.2 Å². The Balaban J connectivity index is 1.47. The fraction of sp³-hybridized carbons (Fsp3) is 0.357. The highest BCUT2D eigenvalue weighted by atomic mass is 35.5. The van der Waals surface area contributed by atoms with Crippen LogP contribution in [0, 0.1) is 0 Å². The Morgan fingerprint density at radius 3 is 2.64 bits per heavy atom. The van der Waals surface area contributed by atoms with Gasteiger partial charge >= 0.3 is 0 Å². The highest BCUT2D eigenvalue weighted by Gasteiger charge is 2.48. The van der Waals surface area contributed by atoms with Gasteiger partial charge in [-0.25, -0.2) is 10.5 Å². The molecular weight excluding hydrogens is 540 g/mol. The second-order valence-electron chi connectivity index (χ2n) is 9.77. The number of thiazole rings is 1. The van der Waals surface area contributed by atoms with Gasteiger partial charge in [-0.1, -0.05) is 54.8 Å². The quantitative estimate of drug-likeness (QED) is 0.359. The number of benzene rings is 2. The topological polar surface area (TPSA) is 121 Å². The molecule has 0 saturated heterocycles. The summed E-state index contributed by atoms with van der Waals surface area (Å²) in [7, 11) is 0. The van der Waals surface area contributed by atoms with Crippen LogP contribution in [-0.2, 0) is 21.0 Å². The number of aromatic nitrogens is 1. The third-order valence-corrected chi connectivity index (χ3v) is 8.21. The van der Waals surface area contributed by atoms with Crippen LogP contribution in [-0.4, -0.2) is 44.9 Å². The van der Waals surface area contributed by atoms with Crippen LogP contribution in [0.2, 0.25) is 5.02 Å². The van der Waals surface area contributed by atoms with E-state index in [0.29, 0.717) is 39.8 Å². The van der Waals surface area contributed by atoms with Gasteiger partial charge in [0.05, 0.1) is 29.8 Å². The fourth-order valence-electron chi connectivity index (χ4n) is 5.46. The van der Waals surface area contributed by atoms with Gasteiger partial charge in [0.15, 0.2) is 5.13 Å². The standard InChI is InChI=1S/C28H29ClN4O5S/c1-16(34)30-28-31-19(15-39-28)14-38-32-26(36)24-20-6-2-3-7-21(20)27(37)33(22-8-4-5-9-23(22)35)25(24)17-10-12-18(29)13-11-17/h2-3,6-7,10-13,15,22-25,35H,4-5,8-9,14H2,1H3,(H,32,36)(H,30,31,34)/t22-,23-,24+,25-/m0/s1. The molecule has 1 aromatic heterocycles. The van der Waals surface area contributed by atoms with E-state index in [0.717, 1.165) is 18.4 Å². The zero-order valence-electron chi connectivity index (χ0n) is 21.3. The summed E-state index contributed by atoms with van der Waals surface area (Å²) in [6, 6.07) is 13.1. The minimum absolute atomic E-state index is 0.00815. The van der Waals surface area contributed by atoms with E-state index >= 15 is 0 Å². The summed E-state index contributed by atoms with van der Waals surface area (Å²) in [5.74, 6) is -1.67. The number of fused-ring (bicyclic) bond motifs is 1. The van der Waals surface area contributed by atoms with Gasteiger partial charge in [0, 0.05) is 22.9 Å². The summed E-state index contributed by atoms with van der Waals surface area (Å²) in [6.45, 7) is 1.39. The lowest BCUT2D eigenvalue weighted by Gasteiger charge is -2.48. The van der Waals surface area contributed by atoms with Crippen molar-refractivity contribution in [3.8, 4) is 0 Å². The molecule has 1 fully saturated rings. The van der Waals surface area contributed by atoms with Gasteiger partial charge in [-0.15, -0.1) is 11.3 Å². The summed E-state index contributed by atoms with van der Waals surface area (Å²) >= 11 is 7.43. The number of hydrogen-bond donors (Lipinski definition) is 3. The molecule has 204 valence electrons. The number of nitrogens with zero attached hydrogens (tertiary/aromatic N) is 2. The van der Waals surface area contributed by atoms with E-state index in [4.69, 9.17) is 16.4 Å². The smallest absolute Gasteiger partial charge is 0.255 e. The second-order valence-corrected chi connectivity index (χ2v) is 11.1. The molecule has 9 nitrogen and oxygen atoms in total. The molecule has 5 rings (SSSR count). The predicted octanol–water partition coefficient (Wildman–Crippen LogP) is 4.59. The molecule has 1 aliphatic carbocycles. The van der Waals surface area contributed by atoms with Crippen molar-refractivity contribution in [1.29, 1.82) is 0 Å². The first-order valence-corrected chi connectivity index (χ1v) is 14.1. The molecule has 3 aromatic rings. The van der Waals surface area contributed by atoms with Crippen LogP contribution < -0.4 is 10.8 Å². The molecule has 3 N–H and O–H groups in total. The lowest BCUT2D eigenvalue weighted by molar-refractivity contribution is -0.138. The lowest BCUT2D eigenvalue weighted by atomic mass is 9.77.